The molecule has 106 valence electrons. The first-order chi connectivity index (χ1) is 9.15. The number of anilines is 1. The summed E-state index contributed by atoms with van der Waals surface area (Å²) in [5.41, 5.74) is 6.47. The zero-order valence-electron chi connectivity index (χ0n) is 11.5. The Balaban J connectivity index is 2.26. The van der Waals surface area contributed by atoms with Gasteiger partial charge in [0, 0.05) is 5.69 Å². The highest BCUT2D eigenvalue weighted by atomic mass is 35.5. The molecule has 0 saturated carbocycles. The van der Waals surface area contributed by atoms with Crippen LogP contribution in [0, 0.1) is 0 Å². The summed E-state index contributed by atoms with van der Waals surface area (Å²) in [4.78, 5) is 11.8. The molecule has 0 aromatic heterocycles. The number of carbonyl (C=O) groups excluding carboxylic acids is 1. The largest absolute Gasteiger partial charge is 0.462 e. The van der Waals surface area contributed by atoms with E-state index in [-0.39, 0.29) is 0 Å². The number of nitrogen functional groups attached to an aromatic ring is 1. The van der Waals surface area contributed by atoms with Crippen molar-refractivity contribution in [3.63, 3.8) is 0 Å². The van der Waals surface area contributed by atoms with Crippen LogP contribution in [-0.2, 0) is 4.74 Å². The van der Waals surface area contributed by atoms with Gasteiger partial charge in [-0.2, -0.15) is 0 Å². The molecule has 0 fully saturated rings. The van der Waals surface area contributed by atoms with Gasteiger partial charge in [-0.3, -0.25) is 0 Å². The zero-order chi connectivity index (χ0) is 14.1. The first-order valence-electron chi connectivity index (χ1n) is 6.87. The van der Waals surface area contributed by atoms with Gasteiger partial charge in [0.25, 0.3) is 0 Å². The maximum absolute atomic E-state index is 11.8. The SMILES string of the molecule is CCCCCCCCOC(=O)c1cc(N)ccc1Cl. The number of carbonyl (C=O) groups is 1. The van der Waals surface area contributed by atoms with E-state index in [1.807, 2.05) is 0 Å². The minimum Gasteiger partial charge on any atom is -0.462 e. The van der Waals surface area contributed by atoms with Crippen LogP contribution >= 0.6 is 11.6 Å². The average Bonchev–Trinajstić information content (AvgIpc) is 2.40. The summed E-state index contributed by atoms with van der Waals surface area (Å²) in [5.74, 6) is -0.397. The van der Waals surface area contributed by atoms with Crippen LogP contribution in [-0.4, -0.2) is 12.6 Å². The lowest BCUT2D eigenvalue weighted by Crippen LogP contribution is -2.07. The van der Waals surface area contributed by atoms with Crippen LogP contribution in [0.3, 0.4) is 0 Å². The van der Waals surface area contributed by atoms with Crippen LogP contribution in [0.5, 0.6) is 0 Å². The molecule has 1 aromatic carbocycles. The number of esters is 1. The van der Waals surface area contributed by atoms with Crippen molar-refractivity contribution in [3.8, 4) is 0 Å². The predicted molar refractivity (Wildman–Crippen MR) is 79.5 cm³/mol. The fourth-order valence-corrected chi connectivity index (χ4v) is 2.02. The van der Waals surface area contributed by atoms with Gasteiger partial charge >= 0.3 is 5.97 Å². The molecule has 0 unspecified atom stereocenters. The molecule has 0 atom stereocenters. The summed E-state index contributed by atoms with van der Waals surface area (Å²) in [6.45, 7) is 2.63. The summed E-state index contributed by atoms with van der Waals surface area (Å²) in [7, 11) is 0. The van der Waals surface area contributed by atoms with E-state index in [1.54, 1.807) is 18.2 Å². The predicted octanol–water partition coefficient (Wildman–Crippen LogP) is 4.44. The molecular formula is C15H22ClNO2. The molecule has 0 amide bonds. The molecule has 4 heteroatoms. The fourth-order valence-electron chi connectivity index (χ4n) is 1.82. The number of rotatable bonds is 8. The summed E-state index contributed by atoms with van der Waals surface area (Å²) in [6.07, 6.45) is 6.96. The van der Waals surface area contributed by atoms with Crippen LogP contribution < -0.4 is 5.73 Å². The Hall–Kier alpha value is -1.22. The summed E-state index contributed by atoms with van der Waals surface area (Å²) in [6, 6.07) is 4.82. The molecule has 0 bridgehead atoms. The van der Waals surface area contributed by atoms with E-state index >= 15 is 0 Å². The highest BCUT2D eigenvalue weighted by molar-refractivity contribution is 6.33. The number of unbranched alkanes of at least 4 members (excludes halogenated alkanes) is 5. The molecule has 0 aliphatic carbocycles. The van der Waals surface area contributed by atoms with Gasteiger partial charge in [0.1, 0.15) is 0 Å². The molecule has 3 nitrogen and oxygen atoms in total. The Labute approximate surface area is 120 Å². The van der Waals surface area contributed by atoms with Gasteiger partial charge in [-0.1, -0.05) is 50.6 Å². The Bertz CT molecular complexity index is 407. The summed E-state index contributed by atoms with van der Waals surface area (Å²) in [5, 5.41) is 0.377. The lowest BCUT2D eigenvalue weighted by Gasteiger charge is -2.07. The van der Waals surface area contributed by atoms with Crippen molar-refractivity contribution in [3.05, 3.63) is 28.8 Å². The molecule has 0 spiro atoms. The van der Waals surface area contributed by atoms with Crippen LogP contribution in [0.2, 0.25) is 5.02 Å². The van der Waals surface area contributed by atoms with E-state index in [1.165, 1.54) is 25.7 Å². The number of benzene rings is 1. The maximum atomic E-state index is 11.8. The minimum absolute atomic E-state index is 0.340. The van der Waals surface area contributed by atoms with Crippen molar-refractivity contribution in [2.75, 3.05) is 12.3 Å². The first-order valence-corrected chi connectivity index (χ1v) is 7.25. The van der Waals surface area contributed by atoms with Crippen molar-refractivity contribution in [2.24, 2.45) is 0 Å². The second-order valence-corrected chi connectivity index (χ2v) is 5.05. The smallest absolute Gasteiger partial charge is 0.339 e. The van der Waals surface area contributed by atoms with Crippen molar-refractivity contribution >= 4 is 23.3 Å². The number of hydrogen-bond acceptors (Lipinski definition) is 3. The number of halogens is 1. The zero-order valence-corrected chi connectivity index (χ0v) is 12.2. The van der Waals surface area contributed by atoms with Crippen molar-refractivity contribution < 1.29 is 9.53 Å². The van der Waals surface area contributed by atoms with Gasteiger partial charge < -0.3 is 10.5 Å². The fraction of sp³-hybridized carbons (Fsp3) is 0.533. The Kier molecular flexibility index (Phi) is 7.34. The molecule has 1 aromatic rings. The van der Waals surface area contributed by atoms with E-state index in [0.717, 1.165) is 12.8 Å². The molecule has 19 heavy (non-hydrogen) atoms. The summed E-state index contributed by atoms with van der Waals surface area (Å²) < 4.78 is 5.19. The number of ether oxygens (including phenoxy) is 1. The van der Waals surface area contributed by atoms with E-state index in [4.69, 9.17) is 22.1 Å². The average molecular weight is 284 g/mol. The Morgan fingerprint density at radius 1 is 1.21 bits per heavy atom. The molecule has 0 radical (unpaired) electrons. The molecule has 0 heterocycles. The molecule has 0 aliphatic rings. The monoisotopic (exact) mass is 283 g/mol. The topological polar surface area (TPSA) is 52.3 Å². The van der Waals surface area contributed by atoms with Crippen LogP contribution in [0.4, 0.5) is 5.69 Å². The van der Waals surface area contributed by atoms with E-state index in [9.17, 15) is 4.79 Å². The van der Waals surface area contributed by atoms with E-state index in [0.29, 0.717) is 22.9 Å². The number of hydrogen-bond donors (Lipinski definition) is 1. The Morgan fingerprint density at radius 3 is 2.63 bits per heavy atom. The third-order valence-electron chi connectivity index (χ3n) is 2.94. The lowest BCUT2D eigenvalue weighted by molar-refractivity contribution is 0.0498. The number of nitrogens with two attached hydrogens (primary N) is 1. The van der Waals surface area contributed by atoms with Crippen molar-refractivity contribution in [2.45, 2.75) is 45.4 Å². The quantitative estimate of drug-likeness (QED) is 0.436. The van der Waals surface area contributed by atoms with Crippen molar-refractivity contribution in [1.82, 2.24) is 0 Å². The van der Waals surface area contributed by atoms with Gasteiger partial charge in [-0.05, 0) is 24.6 Å². The third kappa shape index (κ3) is 5.97. The van der Waals surface area contributed by atoms with Crippen LogP contribution in [0.1, 0.15) is 55.8 Å². The van der Waals surface area contributed by atoms with Crippen LogP contribution in [0.15, 0.2) is 18.2 Å². The molecule has 0 saturated heterocycles. The van der Waals surface area contributed by atoms with Crippen LogP contribution in [0.25, 0.3) is 0 Å². The first kappa shape index (κ1) is 15.8. The lowest BCUT2D eigenvalue weighted by atomic mass is 10.1. The van der Waals surface area contributed by atoms with Gasteiger partial charge in [0.15, 0.2) is 0 Å². The van der Waals surface area contributed by atoms with Gasteiger partial charge in [-0.25, -0.2) is 4.79 Å². The molecule has 0 aliphatic heterocycles. The van der Waals surface area contributed by atoms with E-state index < -0.39 is 5.97 Å². The Morgan fingerprint density at radius 2 is 1.89 bits per heavy atom. The third-order valence-corrected chi connectivity index (χ3v) is 3.27. The molecule has 1 rings (SSSR count). The highest BCUT2D eigenvalue weighted by Crippen LogP contribution is 2.19. The second-order valence-electron chi connectivity index (χ2n) is 4.64. The van der Waals surface area contributed by atoms with Gasteiger partial charge in [0.2, 0.25) is 0 Å². The van der Waals surface area contributed by atoms with E-state index in [2.05, 4.69) is 6.92 Å². The maximum Gasteiger partial charge on any atom is 0.339 e. The normalized spacial score (nSPS) is 10.4. The minimum atomic E-state index is -0.397. The van der Waals surface area contributed by atoms with Crippen molar-refractivity contribution in [1.29, 1.82) is 0 Å². The molecule has 2 N–H and O–H groups in total. The standard InChI is InChI=1S/C15H22ClNO2/c1-2-3-4-5-6-7-10-19-15(18)13-11-12(17)8-9-14(13)16/h8-9,11H,2-7,10,17H2,1H3. The highest BCUT2D eigenvalue weighted by Gasteiger charge is 2.11. The second kappa shape index (κ2) is 8.81. The van der Waals surface area contributed by atoms with Gasteiger partial charge in [0.05, 0.1) is 17.2 Å². The van der Waals surface area contributed by atoms with Gasteiger partial charge in [-0.15, -0.1) is 0 Å². The summed E-state index contributed by atoms with van der Waals surface area (Å²) >= 11 is 5.93. The molecular weight excluding hydrogens is 262 g/mol.